The van der Waals surface area contributed by atoms with Crippen molar-refractivity contribution in [3.63, 3.8) is 0 Å². The molecule has 0 aliphatic heterocycles. The third kappa shape index (κ3) is 3.26. The molecule has 1 aliphatic rings. The van der Waals surface area contributed by atoms with E-state index in [-0.39, 0.29) is 0 Å². The van der Waals surface area contributed by atoms with E-state index in [0.717, 1.165) is 23.6 Å². The average molecular weight is 257 g/mol. The van der Waals surface area contributed by atoms with Gasteiger partial charge in [0.15, 0.2) is 0 Å². The van der Waals surface area contributed by atoms with E-state index < -0.39 is 0 Å². The molecule has 1 heterocycles. The predicted octanol–water partition coefficient (Wildman–Crippen LogP) is 3.95. The summed E-state index contributed by atoms with van der Waals surface area (Å²) in [5.74, 6) is 0. The fourth-order valence-corrected chi connectivity index (χ4v) is 3.00. The summed E-state index contributed by atoms with van der Waals surface area (Å²) in [5.41, 5.74) is 3.78. The molecule has 0 atom stereocenters. The van der Waals surface area contributed by atoms with Gasteiger partial charge in [-0.1, -0.05) is 26.2 Å². The monoisotopic (exact) mass is 257 g/mol. The van der Waals surface area contributed by atoms with Crippen molar-refractivity contribution in [1.82, 2.24) is 4.98 Å². The summed E-state index contributed by atoms with van der Waals surface area (Å²) in [4.78, 5) is 4.35. The Balaban J connectivity index is 2.13. The molecule has 0 saturated heterocycles. The van der Waals surface area contributed by atoms with Crippen molar-refractivity contribution in [2.75, 3.05) is 11.9 Å². The molecule has 1 saturated carbocycles. The number of nitriles is 1. The zero-order valence-corrected chi connectivity index (χ0v) is 12.2. The van der Waals surface area contributed by atoms with Crippen molar-refractivity contribution in [2.45, 2.75) is 52.9 Å². The van der Waals surface area contributed by atoms with Crippen molar-refractivity contribution >= 4 is 5.69 Å². The van der Waals surface area contributed by atoms with E-state index in [1.165, 1.54) is 32.1 Å². The molecule has 1 aromatic heterocycles. The predicted molar refractivity (Wildman–Crippen MR) is 78.1 cm³/mol. The number of anilines is 1. The zero-order valence-electron chi connectivity index (χ0n) is 12.2. The molecule has 0 spiro atoms. The summed E-state index contributed by atoms with van der Waals surface area (Å²) in [5, 5.41) is 12.8. The third-order valence-corrected chi connectivity index (χ3v) is 4.21. The van der Waals surface area contributed by atoms with Gasteiger partial charge in [-0.3, -0.25) is 4.98 Å². The summed E-state index contributed by atoms with van der Waals surface area (Å²) < 4.78 is 0. The van der Waals surface area contributed by atoms with Gasteiger partial charge in [0.05, 0.1) is 16.9 Å². The van der Waals surface area contributed by atoms with E-state index in [4.69, 9.17) is 0 Å². The first kappa shape index (κ1) is 13.9. The maximum Gasteiger partial charge on any atom is 0.103 e. The van der Waals surface area contributed by atoms with Crippen LogP contribution < -0.4 is 5.32 Å². The third-order valence-electron chi connectivity index (χ3n) is 4.21. The highest BCUT2D eigenvalue weighted by Gasteiger charge is 2.26. The number of nitrogens with one attached hydrogen (secondary N) is 1. The Morgan fingerprint density at radius 3 is 2.63 bits per heavy atom. The lowest BCUT2D eigenvalue weighted by atomic mass is 9.75. The van der Waals surface area contributed by atoms with Gasteiger partial charge < -0.3 is 5.32 Å². The Morgan fingerprint density at radius 2 is 2.00 bits per heavy atom. The van der Waals surface area contributed by atoms with E-state index in [2.05, 4.69) is 23.3 Å². The summed E-state index contributed by atoms with van der Waals surface area (Å²) >= 11 is 0. The van der Waals surface area contributed by atoms with E-state index in [9.17, 15) is 5.26 Å². The molecule has 19 heavy (non-hydrogen) atoms. The molecular formula is C16H23N3. The Labute approximate surface area is 116 Å². The van der Waals surface area contributed by atoms with Crippen LogP contribution in [0, 0.1) is 30.6 Å². The average Bonchev–Trinajstić information content (AvgIpc) is 2.37. The normalized spacial score (nSPS) is 17.8. The summed E-state index contributed by atoms with van der Waals surface area (Å²) in [6, 6.07) is 4.25. The van der Waals surface area contributed by atoms with Crippen molar-refractivity contribution < 1.29 is 0 Å². The second-order valence-corrected chi connectivity index (χ2v) is 6.11. The molecule has 1 aliphatic carbocycles. The van der Waals surface area contributed by atoms with Crippen LogP contribution in [0.1, 0.15) is 56.0 Å². The van der Waals surface area contributed by atoms with Crippen LogP contribution in [0.4, 0.5) is 5.69 Å². The Kier molecular flexibility index (Phi) is 4.09. The van der Waals surface area contributed by atoms with Crippen LogP contribution in [-0.4, -0.2) is 11.5 Å². The van der Waals surface area contributed by atoms with Crippen LogP contribution in [0.5, 0.6) is 0 Å². The Hall–Kier alpha value is -1.56. The fraction of sp³-hybridized carbons (Fsp3) is 0.625. The van der Waals surface area contributed by atoms with E-state index in [0.29, 0.717) is 11.0 Å². The SMILES string of the molecule is Cc1cc(NCC2(C)CCCCC2)c(C#N)c(C)n1. The van der Waals surface area contributed by atoms with Crippen LogP contribution in [0.15, 0.2) is 6.07 Å². The molecular weight excluding hydrogens is 234 g/mol. The largest absolute Gasteiger partial charge is 0.383 e. The second kappa shape index (κ2) is 5.61. The molecule has 3 nitrogen and oxygen atoms in total. The van der Waals surface area contributed by atoms with E-state index >= 15 is 0 Å². The van der Waals surface area contributed by atoms with Gasteiger partial charge in [0.1, 0.15) is 6.07 Å². The number of hydrogen-bond donors (Lipinski definition) is 1. The standard InChI is InChI=1S/C16H23N3/c1-12-9-15(14(10-17)13(2)19-12)18-11-16(3)7-5-4-6-8-16/h9H,4-8,11H2,1-3H3,(H,18,19). The van der Waals surface area contributed by atoms with Gasteiger partial charge in [0, 0.05) is 12.2 Å². The first-order valence-corrected chi connectivity index (χ1v) is 7.16. The zero-order chi connectivity index (χ0) is 13.9. The van der Waals surface area contributed by atoms with Gasteiger partial charge in [-0.2, -0.15) is 5.26 Å². The number of pyridine rings is 1. The minimum atomic E-state index is 0.371. The number of rotatable bonds is 3. The van der Waals surface area contributed by atoms with Crippen LogP contribution in [-0.2, 0) is 0 Å². The molecule has 0 bridgehead atoms. The smallest absolute Gasteiger partial charge is 0.103 e. The maximum atomic E-state index is 9.26. The molecule has 1 N–H and O–H groups in total. The molecule has 0 unspecified atom stereocenters. The lowest BCUT2D eigenvalue weighted by Gasteiger charge is -2.34. The quantitative estimate of drug-likeness (QED) is 0.891. The Morgan fingerprint density at radius 1 is 1.32 bits per heavy atom. The maximum absolute atomic E-state index is 9.26. The summed E-state index contributed by atoms with van der Waals surface area (Å²) in [6.07, 6.45) is 6.59. The van der Waals surface area contributed by atoms with Crippen LogP contribution in [0.3, 0.4) is 0 Å². The highest BCUT2D eigenvalue weighted by atomic mass is 14.9. The van der Waals surface area contributed by atoms with Crippen molar-refractivity contribution in [3.8, 4) is 6.07 Å². The lowest BCUT2D eigenvalue weighted by Crippen LogP contribution is -2.29. The molecule has 0 radical (unpaired) electrons. The number of aromatic nitrogens is 1. The Bertz CT molecular complexity index is 493. The van der Waals surface area contributed by atoms with E-state index in [1.54, 1.807) is 0 Å². The summed E-state index contributed by atoms with van der Waals surface area (Å²) in [6.45, 7) is 7.18. The van der Waals surface area contributed by atoms with Crippen LogP contribution >= 0.6 is 0 Å². The van der Waals surface area contributed by atoms with Gasteiger partial charge in [0.25, 0.3) is 0 Å². The molecule has 102 valence electrons. The molecule has 3 heteroatoms. The number of aryl methyl sites for hydroxylation is 2. The highest BCUT2D eigenvalue weighted by molar-refractivity contribution is 5.59. The van der Waals surface area contributed by atoms with E-state index in [1.807, 2.05) is 19.9 Å². The first-order valence-electron chi connectivity index (χ1n) is 7.16. The number of nitrogens with zero attached hydrogens (tertiary/aromatic N) is 2. The minimum Gasteiger partial charge on any atom is -0.383 e. The van der Waals surface area contributed by atoms with Gasteiger partial charge in [-0.25, -0.2) is 0 Å². The minimum absolute atomic E-state index is 0.371. The highest BCUT2D eigenvalue weighted by Crippen LogP contribution is 2.36. The second-order valence-electron chi connectivity index (χ2n) is 6.11. The molecule has 1 fully saturated rings. The summed E-state index contributed by atoms with van der Waals surface area (Å²) in [7, 11) is 0. The fourth-order valence-electron chi connectivity index (χ4n) is 3.00. The van der Waals surface area contributed by atoms with Crippen molar-refractivity contribution in [1.29, 1.82) is 5.26 Å². The lowest BCUT2D eigenvalue weighted by molar-refractivity contribution is 0.233. The number of hydrogen-bond acceptors (Lipinski definition) is 3. The van der Waals surface area contributed by atoms with Crippen LogP contribution in [0.25, 0.3) is 0 Å². The molecule has 2 rings (SSSR count). The molecule has 1 aromatic rings. The van der Waals surface area contributed by atoms with Crippen molar-refractivity contribution in [3.05, 3.63) is 23.0 Å². The van der Waals surface area contributed by atoms with Gasteiger partial charge in [-0.15, -0.1) is 0 Å². The van der Waals surface area contributed by atoms with Gasteiger partial charge in [0.2, 0.25) is 0 Å². The molecule has 0 amide bonds. The van der Waals surface area contributed by atoms with Crippen LogP contribution in [0.2, 0.25) is 0 Å². The first-order chi connectivity index (χ1) is 9.04. The van der Waals surface area contributed by atoms with Gasteiger partial charge >= 0.3 is 0 Å². The van der Waals surface area contributed by atoms with Crippen molar-refractivity contribution in [2.24, 2.45) is 5.41 Å². The topological polar surface area (TPSA) is 48.7 Å². The molecule has 0 aromatic carbocycles. The van der Waals surface area contributed by atoms with Gasteiger partial charge in [-0.05, 0) is 38.2 Å².